The van der Waals surface area contributed by atoms with Crippen LogP contribution in [0.1, 0.15) is 21.6 Å². The number of benzene rings is 1. The first-order valence-corrected chi connectivity index (χ1v) is 8.06. The molecule has 10 nitrogen and oxygen atoms in total. The highest BCUT2D eigenvalue weighted by Gasteiger charge is 2.37. The van der Waals surface area contributed by atoms with Crippen LogP contribution in [0.15, 0.2) is 24.4 Å². The number of amides is 1. The molecule has 0 spiro atoms. The summed E-state index contributed by atoms with van der Waals surface area (Å²) >= 11 is 0. The van der Waals surface area contributed by atoms with E-state index in [0.717, 1.165) is 0 Å². The van der Waals surface area contributed by atoms with Crippen LogP contribution >= 0.6 is 0 Å². The summed E-state index contributed by atoms with van der Waals surface area (Å²) < 4.78 is 6.89. The molecule has 26 heavy (non-hydrogen) atoms. The quantitative estimate of drug-likeness (QED) is 0.460. The monoisotopic (exact) mass is 359 g/mol. The number of hydrogen-bond acceptors (Lipinski definition) is 7. The summed E-state index contributed by atoms with van der Waals surface area (Å²) in [6, 6.07) is 4.70. The number of aromatic carboxylic acids is 1. The van der Waals surface area contributed by atoms with Gasteiger partial charge >= 0.3 is 13.1 Å². The highest BCUT2D eigenvalue weighted by Crippen LogP contribution is 2.30. The van der Waals surface area contributed by atoms with Crippen LogP contribution in [0.3, 0.4) is 0 Å². The lowest BCUT2D eigenvalue weighted by Crippen LogP contribution is -2.53. The molecule has 0 aliphatic carbocycles. The fourth-order valence-electron chi connectivity index (χ4n) is 2.86. The van der Waals surface area contributed by atoms with Crippen LogP contribution in [-0.4, -0.2) is 56.6 Å². The van der Waals surface area contributed by atoms with Crippen molar-refractivity contribution in [2.45, 2.75) is 25.3 Å². The Bertz CT molecular complexity index is 827. The van der Waals surface area contributed by atoms with E-state index in [1.165, 1.54) is 12.3 Å². The highest BCUT2D eigenvalue weighted by molar-refractivity contribution is 6.47. The average molecular weight is 359 g/mol. The van der Waals surface area contributed by atoms with Crippen molar-refractivity contribution in [1.82, 2.24) is 20.3 Å². The Labute approximate surface area is 149 Å². The Morgan fingerprint density at radius 2 is 2.27 bits per heavy atom. The molecule has 1 atom stereocenters. The number of carboxylic acids is 1. The molecule has 1 aromatic carbocycles. The lowest BCUT2D eigenvalue weighted by atomic mass is 9.72. The van der Waals surface area contributed by atoms with Gasteiger partial charge in [-0.3, -0.25) is 4.79 Å². The third kappa shape index (κ3) is 3.68. The minimum atomic E-state index is -1.35. The van der Waals surface area contributed by atoms with Gasteiger partial charge in [-0.25, -0.2) is 9.48 Å². The van der Waals surface area contributed by atoms with Crippen molar-refractivity contribution in [1.29, 1.82) is 0 Å². The summed E-state index contributed by atoms with van der Waals surface area (Å²) in [6.45, 7) is 0.818. The number of nitrogens with one attached hydrogen (secondary N) is 1. The van der Waals surface area contributed by atoms with E-state index in [0.29, 0.717) is 24.3 Å². The van der Waals surface area contributed by atoms with E-state index in [1.54, 1.807) is 16.8 Å². The number of fused-ring (bicyclic) bond motifs is 1. The summed E-state index contributed by atoms with van der Waals surface area (Å²) in [5, 5.41) is 29.7. The van der Waals surface area contributed by atoms with Gasteiger partial charge in [0.25, 0.3) is 0 Å². The van der Waals surface area contributed by atoms with Gasteiger partial charge in [0.1, 0.15) is 5.75 Å². The fraction of sp³-hybridized carbons (Fsp3) is 0.333. The first-order chi connectivity index (χ1) is 12.5. The second-order valence-electron chi connectivity index (χ2n) is 5.90. The van der Waals surface area contributed by atoms with Crippen LogP contribution in [0.25, 0.3) is 0 Å². The number of carbonyl (C=O) groups is 2. The molecule has 0 radical (unpaired) electrons. The van der Waals surface area contributed by atoms with Crippen molar-refractivity contribution in [3.8, 4) is 5.75 Å². The average Bonchev–Trinajstić information content (AvgIpc) is 3.02. The largest absolute Gasteiger partial charge is 0.547 e. The van der Waals surface area contributed by atoms with Gasteiger partial charge < -0.3 is 25.8 Å². The van der Waals surface area contributed by atoms with Crippen molar-refractivity contribution in [2.75, 3.05) is 6.54 Å². The molecule has 136 valence electrons. The van der Waals surface area contributed by atoms with E-state index >= 15 is 0 Å². The van der Waals surface area contributed by atoms with Crippen LogP contribution in [0.2, 0.25) is 0 Å². The summed E-state index contributed by atoms with van der Waals surface area (Å²) in [7, 11) is -1.35. The van der Waals surface area contributed by atoms with Gasteiger partial charge in [0.2, 0.25) is 5.91 Å². The Balaban J connectivity index is 1.69. The van der Waals surface area contributed by atoms with E-state index in [9.17, 15) is 19.7 Å². The van der Waals surface area contributed by atoms with E-state index in [-0.39, 0.29) is 30.1 Å². The second-order valence-corrected chi connectivity index (χ2v) is 5.90. The number of hydrogen-bond donors (Lipinski definition) is 4. The third-order valence-corrected chi connectivity index (χ3v) is 4.08. The predicted octanol–water partition coefficient (Wildman–Crippen LogP) is -1.38. The van der Waals surface area contributed by atoms with Crippen LogP contribution in [-0.2, 0) is 24.2 Å². The Morgan fingerprint density at radius 3 is 3.00 bits per heavy atom. The molecule has 2 heterocycles. The van der Waals surface area contributed by atoms with Gasteiger partial charge in [-0.15, -0.1) is 5.10 Å². The maximum atomic E-state index is 12.3. The minimum Gasteiger partial charge on any atom is -0.534 e. The molecule has 3 rings (SSSR count). The topological polar surface area (TPSA) is 153 Å². The summed E-state index contributed by atoms with van der Waals surface area (Å²) in [4.78, 5) is 23.5. The number of aromatic nitrogens is 3. The van der Waals surface area contributed by atoms with Crippen LogP contribution in [0, 0.1) is 0 Å². The van der Waals surface area contributed by atoms with Crippen LogP contribution < -0.4 is 15.7 Å². The standard InChI is InChI=1S/C15H18BN5O5/c17-4-5-21-10(8-18-20-21)7-13(22)19-12-6-9-2-1-3-11(15(23)24)14(9)26-16(12)25/h1-3,8,12,25H,4-7,17H2,(H,19,22)(H,23,24)/t12-/m0/s1. The molecule has 1 aliphatic heterocycles. The van der Waals surface area contributed by atoms with Crippen LogP contribution in [0.5, 0.6) is 5.75 Å². The Morgan fingerprint density at radius 1 is 1.46 bits per heavy atom. The first kappa shape index (κ1) is 17.9. The van der Waals surface area contributed by atoms with E-state index in [1.807, 2.05) is 0 Å². The molecule has 11 heteroatoms. The lowest BCUT2D eigenvalue weighted by molar-refractivity contribution is -0.121. The second kappa shape index (κ2) is 7.54. The zero-order valence-corrected chi connectivity index (χ0v) is 13.8. The number of nitrogens with zero attached hydrogens (tertiary/aromatic N) is 3. The van der Waals surface area contributed by atoms with Crippen molar-refractivity contribution in [3.63, 3.8) is 0 Å². The summed E-state index contributed by atoms with van der Waals surface area (Å²) in [5.41, 5.74) is 6.67. The molecule has 2 aromatic rings. The van der Waals surface area contributed by atoms with Crippen molar-refractivity contribution >= 4 is 19.0 Å². The highest BCUT2D eigenvalue weighted by atomic mass is 16.5. The maximum Gasteiger partial charge on any atom is 0.547 e. The number of para-hydroxylation sites is 1. The molecule has 5 N–H and O–H groups in total. The normalized spacial score (nSPS) is 15.9. The van der Waals surface area contributed by atoms with Gasteiger partial charge in [-0.05, 0) is 18.1 Å². The Kier molecular flexibility index (Phi) is 5.19. The molecular formula is C15H18BN5O5. The van der Waals surface area contributed by atoms with Gasteiger partial charge in [-0.1, -0.05) is 17.3 Å². The molecule has 1 aromatic heterocycles. The van der Waals surface area contributed by atoms with E-state index < -0.39 is 19.0 Å². The van der Waals surface area contributed by atoms with Crippen molar-refractivity contribution < 1.29 is 24.4 Å². The first-order valence-electron chi connectivity index (χ1n) is 8.06. The van der Waals surface area contributed by atoms with Gasteiger partial charge in [0, 0.05) is 6.54 Å². The third-order valence-electron chi connectivity index (χ3n) is 4.08. The van der Waals surface area contributed by atoms with Crippen LogP contribution in [0.4, 0.5) is 0 Å². The Hall–Kier alpha value is -2.92. The zero-order valence-electron chi connectivity index (χ0n) is 13.8. The molecule has 0 bridgehead atoms. The molecule has 0 saturated heterocycles. The summed E-state index contributed by atoms with van der Waals surface area (Å²) in [5.74, 6) is -2.05. The van der Waals surface area contributed by atoms with Gasteiger partial charge in [0.15, 0.2) is 0 Å². The van der Waals surface area contributed by atoms with E-state index in [2.05, 4.69) is 15.6 Å². The maximum absolute atomic E-state index is 12.3. The lowest BCUT2D eigenvalue weighted by Gasteiger charge is -2.28. The molecule has 0 unspecified atom stereocenters. The summed E-state index contributed by atoms with van der Waals surface area (Å²) in [6.07, 6.45) is 1.76. The molecular weight excluding hydrogens is 341 g/mol. The minimum absolute atomic E-state index is 0.0249. The molecule has 0 saturated carbocycles. The number of carboxylic acid groups (broad SMARTS) is 1. The number of nitrogens with two attached hydrogens (primary N) is 1. The predicted molar refractivity (Wildman–Crippen MR) is 90.4 cm³/mol. The number of carbonyl (C=O) groups excluding carboxylic acids is 1. The molecule has 1 amide bonds. The molecule has 0 fully saturated rings. The fourth-order valence-corrected chi connectivity index (χ4v) is 2.86. The smallest absolute Gasteiger partial charge is 0.534 e. The van der Waals surface area contributed by atoms with Crippen molar-refractivity contribution in [3.05, 3.63) is 41.2 Å². The van der Waals surface area contributed by atoms with Gasteiger partial charge in [0.05, 0.1) is 36.4 Å². The van der Waals surface area contributed by atoms with E-state index in [4.69, 9.17) is 10.4 Å². The molecule has 1 aliphatic rings. The number of rotatable bonds is 6. The van der Waals surface area contributed by atoms with Crippen molar-refractivity contribution in [2.24, 2.45) is 5.73 Å². The van der Waals surface area contributed by atoms with Gasteiger partial charge in [-0.2, -0.15) is 0 Å². The zero-order chi connectivity index (χ0) is 18.7. The SMILES string of the molecule is NCCn1nncc1CC(=O)N[C@H]1Cc2cccc(C(=O)O)c2OB1O.